The van der Waals surface area contributed by atoms with E-state index in [2.05, 4.69) is 5.32 Å². The number of anilines is 1. The molecule has 0 aliphatic heterocycles. The fourth-order valence-corrected chi connectivity index (χ4v) is 2.23. The average molecular weight is 315 g/mol. The van der Waals surface area contributed by atoms with E-state index in [1.165, 1.54) is 26.2 Å². The quantitative estimate of drug-likeness (QED) is 0.859. The number of benzene rings is 2. The largest absolute Gasteiger partial charge is 0.496 e. The first-order valence-corrected chi connectivity index (χ1v) is 7.14. The molecule has 0 heterocycles. The molecule has 0 radical (unpaired) electrons. The van der Waals surface area contributed by atoms with Crippen LogP contribution in [-0.4, -0.2) is 18.8 Å². The summed E-state index contributed by atoms with van der Waals surface area (Å²) in [4.78, 5) is 23.7. The molecule has 23 heavy (non-hydrogen) atoms. The lowest BCUT2D eigenvalue weighted by molar-refractivity contribution is -0.115. The minimum absolute atomic E-state index is 0.0280. The number of hydrogen-bond acceptors (Lipinski definition) is 3. The lowest BCUT2D eigenvalue weighted by atomic mass is 10.0. The van der Waals surface area contributed by atoms with E-state index in [9.17, 15) is 14.0 Å². The molecule has 0 spiro atoms. The third kappa shape index (κ3) is 4.16. The molecular formula is C18H18FNO3. The highest BCUT2D eigenvalue weighted by Gasteiger charge is 2.12. The molecule has 5 heteroatoms. The van der Waals surface area contributed by atoms with Crippen LogP contribution in [0.3, 0.4) is 0 Å². The Balaban J connectivity index is 2.21. The van der Waals surface area contributed by atoms with Crippen molar-refractivity contribution < 1.29 is 18.7 Å². The Hall–Kier alpha value is -2.69. The maximum atomic E-state index is 13.3. The Morgan fingerprint density at radius 2 is 1.91 bits per heavy atom. The first-order chi connectivity index (χ1) is 10.9. The van der Waals surface area contributed by atoms with Crippen molar-refractivity contribution in [2.45, 2.75) is 20.3 Å². The van der Waals surface area contributed by atoms with Gasteiger partial charge < -0.3 is 10.1 Å². The van der Waals surface area contributed by atoms with E-state index < -0.39 is 5.82 Å². The van der Waals surface area contributed by atoms with Crippen molar-refractivity contribution in [2.24, 2.45) is 0 Å². The number of amides is 1. The van der Waals surface area contributed by atoms with Gasteiger partial charge in [-0.05, 0) is 49.7 Å². The number of nitrogens with one attached hydrogen (secondary N) is 1. The second-order valence-corrected chi connectivity index (χ2v) is 5.27. The summed E-state index contributed by atoms with van der Waals surface area (Å²) in [6, 6.07) is 9.16. The number of ketones is 1. The number of ether oxygens (including phenoxy) is 1. The fraction of sp³-hybridized carbons (Fsp3) is 0.222. The van der Waals surface area contributed by atoms with E-state index in [1.54, 1.807) is 31.2 Å². The van der Waals surface area contributed by atoms with Gasteiger partial charge in [0.05, 0.1) is 13.5 Å². The molecule has 0 aromatic heterocycles. The van der Waals surface area contributed by atoms with E-state index in [-0.39, 0.29) is 18.1 Å². The van der Waals surface area contributed by atoms with Crippen molar-refractivity contribution >= 4 is 17.4 Å². The van der Waals surface area contributed by atoms with E-state index in [1.807, 2.05) is 0 Å². The van der Waals surface area contributed by atoms with Crippen LogP contribution in [0, 0.1) is 12.7 Å². The van der Waals surface area contributed by atoms with E-state index in [0.717, 1.165) is 5.56 Å². The predicted molar refractivity (Wildman–Crippen MR) is 86.5 cm³/mol. The molecule has 1 amide bonds. The van der Waals surface area contributed by atoms with Crippen molar-refractivity contribution in [1.82, 2.24) is 0 Å². The Morgan fingerprint density at radius 3 is 2.57 bits per heavy atom. The minimum atomic E-state index is -0.415. The summed E-state index contributed by atoms with van der Waals surface area (Å²) in [5, 5.41) is 2.68. The molecule has 0 atom stereocenters. The third-order valence-electron chi connectivity index (χ3n) is 3.51. The van der Waals surface area contributed by atoms with Gasteiger partial charge in [0.25, 0.3) is 0 Å². The predicted octanol–water partition coefficient (Wildman–Crippen LogP) is 3.53. The molecule has 2 aromatic carbocycles. The number of carbonyl (C=O) groups is 2. The van der Waals surface area contributed by atoms with Gasteiger partial charge in [-0.1, -0.05) is 6.07 Å². The molecule has 2 aromatic rings. The third-order valence-corrected chi connectivity index (χ3v) is 3.51. The lowest BCUT2D eigenvalue weighted by Crippen LogP contribution is -2.16. The zero-order valence-corrected chi connectivity index (χ0v) is 13.3. The first-order valence-electron chi connectivity index (χ1n) is 7.14. The highest BCUT2D eigenvalue weighted by Crippen LogP contribution is 2.22. The Labute approximate surface area is 134 Å². The van der Waals surface area contributed by atoms with Gasteiger partial charge in [0.2, 0.25) is 5.91 Å². The van der Waals surface area contributed by atoms with Gasteiger partial charge in [0.15, 0.2) is 5.78 Å². The molecule has 0 aliphatic rings. The summed E-state index contributed by atoms with van der Waals surface area (Å²) < 4.78 is 18.5. The van der Waals surface area contributed by atoms with Gasteiger partial charge in [-0.2, -0.15) is 0 Å². The van der Waals surface area contributed by atoms with Gasteiger partial charge >= 0.3 is 0 Å². The number of carbonyl (C=O) groups excluding carboxylic acids is 2. The van der Waals surface area contributed by atoms with Crippen molar-refractivity contribution in [3.8, 4) is 5.75 Å². The monoisotopic (exact) mass is 315 g/mol. The summed E-state index contributed by atoms with van der Waals surface area (Å²) in [6.07, 6.45) is 0.0280. The topological polar surface area (TPSA) is 55.4 Å². The van der Waals surface area contributed by atoms with Crippen LogP contribution in [0.4, 0.5) is 10.1 Å². The van der Waals surface area contributed by atoms with Crippen LogP contribution in [0.15, 0.2) is 36.4 Å². The van der Waals surface area contributed by atoms with Crippen LogP contribution < -0.4 is 10.1 Å². The summed E-state index contributed by atoms with van der Waals surface area (Å²) in [5.74, 6) is -0.281. The second kappa shape index (κ2) is 7.05. The highest BCUT2D eigenvalue weighted by molar-refractivity contribution is 5.96. The number of methoxy groups -OCH3 is 1. The molecule has 0 fully saturated rings. The molecule has 0 saturated heterocycles. The van der Waals surface area contributed by atoms with Gasteiger partial charge in [0, 0.05) is 16.8 Å². The van der Waals surface area contributed by atoms with E-state index in [4.69, 9.17) is 4.74 Å². The number of halogens is 1. The minimum Gasteiger partial charge on any atom is -0.496 e. The van der Waals surface area contributed by atoms with Crippen molar-refractivity contribution in [2.75, 3.05) is 12.4 Å². The standard InChI is InChI=1S/C18H18FNO3/c1-11-4-6-15(19)10-16(11)20-18(22)9-14-8-13(12(2)21)5-7-17(14)23-3/h4-8,10H,9H2,1-3H3,(H,20,22). The average Bonchev–Trinajstić information content (AvgIpc) is 2.50. The maximum absolute atomic E-state index is 13.3. The Morgan fingerprint density at radius 1 is 1.17 bits per heavy atom. The molecule has 120 valence electrons. The molecule has 0 bridgehead atoms. The van der Waals surface area contributed by atoms with Crippen LogP contribution in [-0.2, 0) is 11.2 Å². The number of aryl methyl sites for hydroxylation is 1. The molecule has 1 N–H and O–H groups in total. The van der Waals surface area contributed by atoms with Gasteiger partial charge in [-0.3, -0.25) is 9.59 Å². The Kier molecular flexibility index (Phi) is 5.11. The van der Waals surface area contributed by atoms with Crippen LogP contribution in [0.5, 0.6) is 5.75 Å². The normalized spacial score (nSPS) is 10.3. The zero-order chi connectivity index (χ0) is 17.0. The van der Waals surface area contributed by atoms with Crippen molar-refractivity contribution in [1.29, 1.82) is 0 Å². The van der Waals surface area contributed by atoms with Gasteiger partial charge in [0.1, 0.15) is 11.6 Å². The number of rotatable bonds is 5. The van der Waals surface area contributed by atoms with Crippen LogP contribution >= 0.6 is 0 Å². The number of hydrogen-bond donors (Lipinski definition) is 1. The SMILES string of the molecule is COc1ccc(C(C)=O)cc1CC(=O)Nc1cc(F)ccc1C. The van der Waals surface area contributed by atoms with E-state index in [0.29, 0.717) is 22.6 Å². The van der Waals surface area contributed by atoms with E-state index >= 15 is 0 Å². The Bertz CT molecular complexity index is 756. The van der Waals surface area contributed by atoms with Gasteiger partial charge in [-0.15, -0.1) is 0 Å². The first kappa shape index (κ1) is 16.7. The second-order valence-electron chi connectivity index (χ2n) is 5.27. The fourth-order valence-electron chi connectivity index (χ4n) is 2.23. The lowest BCUT2D eigenvalue weighted by Gasteiger charge is -2.11. The van der Waals surface area contributed by atoms with Crippen LogP contribution in [0.25, 0.3) is 0 Å². The highest BCUT2D eigenvalue weighted by atomic mass is 19.1. The molecule has 0 saturated carbocycles. The molecule has 0 aliphatic carbocycles. The summed E-state index contributed by atoms with van der Waals surface area (Å²) >= 11 is 0. The van der Waals surface area contributed by atoms with Crippen LogP contribution in [0.2, 0.25) is 0 Å². The zero-order valence-electron chi connectivity index (χ0n) is 13.3. The molecular weight excluding hydrogens is 297 g/mol. The molecule has 0 unspecified atom stereocenters. The summed E-state index contributed by atoms with van der Waals surface area (Å²) in [5.41, 5.74) is 2.31. The molecule has 2 rings (SSSR count). The van der Waals surface area contributed by atoms with Gasteiger partial charge in [-0.25, -0.2) is 4.39 Å². The van der Waals surface area contributed by atoms with Crippen LogP contribution in [0.1, 0.15) is 28.4 Å². The van der Waals surface area contributed by atoms with Crippen molar-refractivity contribution in [3.05, 3.63) is 58.9 Å². The smallest absolute Gasteiger partial charge is 0.228 e. The number of Topliss-reactive ketones (excluding diaryl/α,β-unsaturated/α-hetero) is 1. The molecule has 4 nitrogen and oxygen atoms in total. The maximum Gasteiger partial charge on any atom is 0.228 e. The summed E-state index contributed by atoms with van der Waals surface area (Å²) in [6.45, 7) is 3.24. The summed E-state index contributed by atoms with van der Waals surface area (Å²) in [7, 11) is 1.50. The van der Waals surface area contributed by atoms with Crippen molar-refractivity contribution in [3.63, 3.8) is 0 Å².